The number of benzene rings is 1. The fourth-order valence-corrected chi connectivity index (χ4v) is 3.18. The van der Waals surface area contributed by atoms with E-state index in [9.17, 15) is 4.21 Å². The molecule has 4 N–H and O–H groups in total. The number of rotatable bonds is 3. The number of nitrogens with two attached hydrogens (primary N) is 1. The number of anilines is 1. The summed E-state index contributed by atoms with van der Waals surface area (Å²) in [6.45, 7) is 2.77. The maximum atomic E-state index is 11.4. The van der Waals surface area contributed by atoms with Crippen molar-refractivity contribution in [2.24, 2.45) is 16.0 Å². The van der Waals surface area contributed by atoms with Crippen molar-refractivity contribution in [2.75, 3.05) is 24.4 Å². The highest BCUT2D eigenvalue weighted by Crippen LogP contribution is 2.30. The molecule has 0 radical (unpaired) electrons. The van der Waals surface area contributed by atoms with Crippen molar-refractivity contribution in [3.8, 4) is 5.75 Å². The smallest absolute Gasteiger partial charge is 0.245 e. The summed E-state index contributed by atoms with van der Waals surface area (Å²) in [5.41, 5.74) is 7.29. The number of nitrogens with zero attached hydrogens (tertiary/aromatic N) is 1. The molecule has 0 aliphatic carbocycles. The molecule has 20 heavy (non-hydrogen) atoms. The van der Waals surface area contributed by atoms with Crippen LogP contribution in [0.5, 0.6) is 5.75 Å². The van der Waals surface area contributed by atoms with Gasteiger partial charge >= 0.3 is 0 Å². The molecular weight excluding hydrogens is 276 g/mol. The Balaban J connectivity index is 1.76. The third kappa shape index (κ3) is 2.78. The molecular formula is C13H18N4O2S. The topological polar surface area (TPSA) is 88.7 Å². The molecule has 0 saturated carbocycles. The molecule has 0 aromatic heterocycles. The molecule has 0 bridgehead atoms. The van der Waals surface area contributed by atoms with Gasteiger partial charge in [-0.2, -0.15) is 4.40 Å². The first kappa shape index (κ1) is 13.4. The fourth-order valence-electron chi connectivity index (χ4n) is 2.51. The summed E-state index contributed by atoms with van der Waals surface area (Å²) >= 11 is -1.50. The minimum Gasteiger partial charge on any atom is -0.492 e. The summed E-state index contributed by atoms with van der Waals surface area (Å²) in [5.74, 6) is 1.53. The number of piperidine rings is 1. The van der Waals surface area contributed by atoms with Gasteiger partial charge in [-0.25, -0.2) is 4.21 Å². The summed E-state index contributed by atoms with van der Waals surface area (Å²) in [6.07, 6.45) is 2.25. The van der Waals surface area contributed by atoms with Gasteiger partial charge in [-0.05, 0) is 44.0 Å². The van der Waals surface area contributed by atoms with Crippen molar-refractivity contribution in [2.45, 2.75) is 12.8 Å². The molecule has 1 aromatic rings. The van der Waals surface area contributed by atoms with Crippen LogP contribution in [0.4, 0.5) is 5.69 Å². The minimum atomic E-state index is -1.50. The molecule has 0 spiro atoms. The van der Waals surface area contributed by atoms with Crippen molar-refractivity contribution in [1.29, 1.82) is 0 Å². The van der Waals surface area contributed by atoms with Gasteiger partial charge in [0.1, 0.15) is 11.6 Å². The lowest BCUT2D eigenvalue weighted by atomic mass is 9.99. The van der Waals surface area contributed by atoms with Crippen molar-refractivity contribution in [1.82, 2.24) is 5.32 Å². The Hall–Kier alpha value is -1.60. The van der Waals surface area contributed by atoms with Crippen LogP contribution in [0.15, 0.2) is 22.6 Å². The molecule has 6 nitrogen and oxygen atoms in total. The second-order valence-corrected chi connectivity index (χ2v) is 5.90. The predicted molar refractivity (Wildman–Crippen MR) is 80.0 cm³/mol. The van der Waals surface area contributed by atoms with Crippen molar-refractivity contribution in [3.05, 3.63) is 23.8 Å². The highest BCUT2D eigenvalue weighted by Gasteiger charge is 2.21. The normalized spacial score (nSPS) is 22.6. The van der Waals surface area contributed by atoms with E-state index in [0.717, 1.165) is 25.9 Å². The second-order valence-electron chi connectivity index (χ2n) is 5.01. The first-order valence-electron chi connectivity index (χ1n) is 6.73. The van der Waals surface area contributed by atoms with Gasteiger partial charge < -0.3 is 15.8 Å². The van der Waals surface area contributed by atoms with E-state index in [1.165, 1.54) is 0 Å². The standard InChI is InChI=1S/C13H18N4O2S/c14-13-12-10(16-20(18)17-13)2-1-3-11(12)19-8-9-4-6-15-7-5-9/h1-3,9,15-16H,4-8H2,(H2,14,17). The van der Waals surface area contributed by atoms with Gasteiger partial charge in [-0.1, -0.05) is 6.07 Å². The number of hydrogen-bond acceptors (Lipinski definition) is 4. The maximum Gasteiger partial charge on any atom is 0.245 e. The molecule has 1 unspecified atom stereocenters. The van der Waals surface area contributed by atoms with Gasteiger partial charge in [0.15, 0.2) is 0 Å². The molecule has 1 aromatic carbocycles. The third-order valence-electron chi connectivity index (χ3n) is 3.59. The van der Waals surface area contributed by atoms with Gasteiger partial charge in [0.2, 0.25) is 11.2 Å². The van der Waals surface area contributed by atoms with Crippen LogP contribution >= 0.6 is 0 Å². The van der Waals surface area contributed by atoms with Crippen molar-refractivity contribution in [3.63, 3.8) is 0 Å². The molecule has 2 aliphatic heterocycles. The van der Waals surface area contributed by atoms with E-state index in [0.29, 0.717) is 29.5 Å². The Morgan fingerprint density at radius 2 is 2.20 bits per heavy atom. The lowest BCUT2D eigenvalue weighted by Crippen LogP contribution is -2.31. The van der Waals surface area contributed by atoms with Gasteiger partial charge in [0, 0.05) is 0 Å². The second kappa shape index (κ2) is 5.80. The average molecular weight is 294 g/mol. The van der Waals surface area contributed by atoms with Gasteiger partial charge in [0.25, 0.3) is 0 Å². The predicted octanol–water partition coefficient (Wildman–Crippen LogP) is 0.774. The van der Waals surface area contributed by atoms with Crippen LogP contribution in [0, 0.1) is 5.92 Å². The van der Waals surface area contributed by atoms with Crippen LogP contribution in [0.2, 0.25) is 0 Å². The highest BCUT2D eigenvalue weighted by molar-refractivity contribution is 7.85. The summed E-state index contributed by atoms with van der Waals surface area (Å²) in [4.78, 5) is 0. The fraction of sp³-hybridized carbons (Fsp3) is 0.462. The number of nitrogens with one attached hydrogen (secondary N) is 2. The van der Waals surface area contributed by atoms with Crippen LogP contribution in [0.1, 0.15) is 18.4 Å². The Bertz CT molecular complexity index is 555. The highest BCUT2D eigenvalue weighted by atomic mass is 32.2. The molecule has 1 atom stereocenters. The third-order valence-corrected chi connectivity index (χ3v) is 4.35. The minimum absolute atomic E-state index is 0.262. The van der Waals surface area contributed by atoms with Crippen LogP contribution in [-0.4, -0.2) is 29.7 Å². The molecule has 0 amide bonds. The zero-order valence-corrected chi connectivity index (χ0v) is 11.9. The molecule has 1 fully saturated rings. The van der Waals surface area contributed by atoms with E-state index in [-0.39, 0.29) is 5.84 Å². The van der Waals surface area contributed by atoms with Gasteiger partial charge in [0.05, 0.1) is 17.9 Å². The summed E-state index contributed by atoms with van der Waals surface area (Å²) < 4.78 is 24.0. The Kier molecular flexibility index (Phi) is 3.88. The van der Waals surface area contributed by atoms with E-state index in [4.69, 9.17) is 10.5 Å². The van der Waals surface area contributed by atoms with Crippen LogP contribution in [-0.2, 0) is 11.2 Å². The van der Waals surface area contributed by atoms with E-state index < -0.39 is 11.2 Å². The number of ether oxygens (including phenoxy) is 1. The number of hydrogen-bond donors (Lipinski definition) is 3. The molecule has 2 aliphatic rings. The summed E-state index contributed by atoms with van der Waals surface area (Å²) in [6, 6.07) is 5.56. The van der Waals surface area contributed by atoms with Crippen LogP contribution in [0.25, 0.3) is 0 Å². The summed E-state index contributed by atoms with van der Waals surface area (Å²) in [5, 5.41) is 3.34. The van der Waals surface area contributed by atoms with Crippen molar-refractivity contribution >= 4 is 22.7 Å². The molecule has 3 rings (SSSR count). The van der Waals surface area contributed by atoms with E-state index in [1.54, 1.807) is 0 Å². The van der Waals surface area contributed by atoms with Crippen molar-refractivity contribution < 1.29 is 8.95 Å². The maximum absolute atomic E-state index is 11.4. The average Bonchev–Trinajstić information content (AvgIpc) is 2.45. The summed E-state index contributed by atoms with van der Waals surface area (Å²) in [7, 11) is 0. The number of amidine groups is 1. The zero-order valence-electron chi connectivity index (χ0n) is 11.1. The Morgan fingerprint density at radius 1 is 1.40 bits per heavy atom. The molecule has 2 heterocycles. The first-order valence-corrected chi connectivity index (χ1v) is 7.84. The monoisotopic (exact) mass is 294 g/mol. The van der Waals surface area contributed by atoms with E-state index in [2.05, 4.69) is 14.4 Å². The molecule has 7 heteroatoms. The lowest BCUT2D eigenvalue weighted by Gasteiger charge is -2.24. The quantitative estimate of drug-likeness (QED) is 0.768. The lowest BCUT2D eigenvalue weighted by molar-refractivity contribution is 0.215. The van der Waals surface area contributed by atoms with Gasteiger partial charge in [-0.3, -0.25) is 4.72 Å². The van der Waals surface area contributed by atoms with Crippen LogP contribution < -0.4 is 20.5 Å². The van der Waals surface area contributed by atoms with E-state index in [1.807, 2.05) is 18.2 Å². The molecule has 1 saturated heterocycles. The SMILES string of the molecule is NC1=NS(=O)Nc2cccc(OCC3CCNCC3)c21. The van der Waals surface area contributed by atoms with Gasteiger partial charge in [-0.15, -0.1) is 0 Å². The Morgan fingerprint density at radius 3 is 3.00 bits per heavy atom. The number of fused-ring (bicyclic) bond motifs is 1. The van der Waals surface area contributed by atoms with Crippen LogP contribution in [0.3, 0.4) is 0 Å². The van der Waals surface area contributed by atoms with E-state index >= 15 is 0 Å². The first-order chi connectivity index (χ1) is 9.74. The zero-order chi connectivity index (χ0) is 13.9. The Labute approximate surface area is 120 Å². The largest absolute Gasteiger partial charge is 0.492 e. The molecule has 108 valence electrons.